The predicted molar refractivity (Wildman–Crippen MR) is 69.1 cm³/mol. The first-order chi connectivity index (χ1) is 8.72. The van der Waals surface area contributed by atoms with Crippen LogP contribution in [0.2, 0.25) is 0 Å². The number of halogens is 1. The van der Waals surface area contributed by atoms with Gasteiger partial charge in [0.2, 0.25) is 0 Å². The Hall–Kier alpha value is -1.03. The molecule has 0 bridgehead atoms. The van der Waals surface area contributed by atoms with Gasteiger partial charge < -0.3 is 4.74 Å². The summed E-state index contributed by atoms with van der Waals surface area (Å²) in [7, 11) is 0. The van der Waals surface area contributed by atoms with E-state index in [1.807, 2.05) is 0 Å². The number of carbonyl (C=O) groups is 1. The van der Waals surface area contributed by atoms with Gasteiger partial charge in [0.25, 0.3) is 0 Å². The zero-order valence-electron chi connectivity index (χ0n) is 10.0. The highest BCUT2D eigenvalue weighted by atomic mass is 32.2. The molecule has 0 amide bonds. The Morgan fingerprint density at radius 2 is 2.17 bits per heavy atom. The molecule has 2 nitrogen and oxygen atoms in total. The second-order valence-electron chi connectivity index (χ2n) is 4.95. The van der Waals surface area contributed by atoms with Crippen molar-refractivity contribution in [2.45, 2.75) is 30.8 Å². The maximum atomic E-state index is 13.8. The molecule has 1 aromatic rings. The molecule has 1 aromatic carbocycles. The molecule has 2 aliphatic rings. The van der Waals surface area contributed by atoms with E-state index >= 15 is 0 Å². The lowest BCUT2D eigenvalue weighted by Gasteiger charge is -2.18. The largest absolute Gasteiger partial charge is 0.461 e. The molecule has 1 aliphatic carbocycles. The van der Waals surface area contributed by atoms with Crippen molar-refractivity contribution >= 4 is 17.7 Å². The SMILES string of the molecule is O=C(O[C@H]1CCSC1)C1(c2ccccc2F)CC1. The molecule has 96 valence electrons. The zero-order chi connectivity index (χ0) is 12.6. The summed E-state index contributed by atoms with van der Waals surface area (Å²) >= 11 is 1.80. The molecule has 0 radical (unpaired) electrons. The number of benzene rings is 1. The Bertz CT molecular complexity index is 465. The van der Waals surface area contributed by atoms with Crippen LogP contribution in [0.25, 0.3) is 0 Å². The highest BCUT2D eigenvalue weighted by Crippen LogP contribution is 2.50. The molecule has 0 aromatic heterocycles. The standard InChI is InChI=1S/C14H15FO2S/c15-12-4-2-1-3-11(12)14(6-7-14)13(16)17-10-5-8-18-9-10/h1-4,10H,5-9H2/t10-/m0/s1. The summed E-state index contributed by atoms with van der Waals surface area (Å²) in [5.41, 5.74) is -0.195. The van der Waals surface area contributed by atoms with Crippen molar-refractivity contribution in [1.82, 2.24) is 0 Å². The molecule has 3 rings (SSSR count). The average molecular weight is 266 g/mol. The second kappa shape index (κ2) is 4.57. The fraction of sp³-hybridized carbons (Fsp3) is 0.500. The number of rotatable bonds is 3. The van der Waals surface area contributed by atoms with Gasteiger partial charge in [-0.05, 0) is 31.1 Å². The predicted octanol–water partition coefficient (Wildman–Crippen LogP) is 2.91. The summed E-state index contributed by atoms with van der Waals surface area (Å²) in [6.07, 6.45) is 2.34. The summed E-state index contributed by atoms with van der Waals surface area (Å²) in [5, 5.41) is 0. The summed E-state index contributed by atoms with van der Waals surface area (Å²) in [5.74, 6) is 1.39. The fourth-order valence-corrected chi connectivity index (χ4v) is 3.52. The van der Waals surface area contributed by atoms with Crippen molar-refractivity contribution < 1.29 is 13.9 Å². The quantitative estimate of drug-likeness (QED) is 0.787. The van der Waals surface area contributed by atoms with E-state index in [4.69, 9.17) is 4.74 Å². The molecule has 2 fully saturated rings. The van der Waals surface area contributed by atoms with Crippen LogP contribution in [0.3, 0.4) is 0 Å². The molecule has 0 N–H and O–H groups in total. The Morgan fingerprint density at radius 3 is 2.78 bits per heavy atom. The van der Waals surface area contributed by atoms with Gasteiger partial charge in [0, 0.05) is 11.3 Å². The molecule has 18 heavy (non-hydrogen) atoms. The van der Waals surface area contributed by atoms with Crippen LogP contribution >= 0.6 is 11.8 Å². The normalized spacial score (nSPS) is 24.8. The fourth-order valence-electron chi connectivity index (χ4n) is 2.43. The number of thioether (sulfide) groups is 1. The maximum absolute atomic E-state index is 13.8. The Labute approximate surface area is 110 Å². The van der Waals surface area contributed by atoms with Crippen LogP contribution in [-0.4, -0.2) is 23.6 Å². The molecule has 1 saturated carbocycles. The van der Waals surface area contributed by atoms with Gasteiger partial charge in [-0.1, -0.05) is 18.2 Å². The Balaban J connectivity index is 1.78. The van der Waals surface area contributed by atoms with Gasteiger partial charge >= 0.3 is 5.97 Å². The van der Waals surface area contributed by atoms with Gasteiger partial charge in [-0.3, -0.25) is 4.79 Å². The van der Waals surface area contributed by atoms with Crippen molar-refractivity contribution in [2.75, 3.05) is 11.5 Å². The van der Waals surface area contributed by atoms with Gasteiger partial charge in [0.15, 0.2) is 0 Å². The van der Waals surface area contributed by atoms with E-state index in [-0.39, 0.29) is 17.9 Å². The van der Waals surface area contributed by atoms with Gasteiger partial charge in [-0.25, -0.2) is 4.39 Å². The monoisotopic (exact) mass is 266 g/mol. The molecule has 1 aliphatic heterocycles. The topological polar surface area (TPSA) is 26.3 Å². The molecule has 0 spiro atoms. The third kappa shape index (κ3) is 2.03. The Kier molecular flexibility index (Phi) is 3.06. The third-order valence-corrected chi connectivity index (χ3v) is 4.82. The van der Waals surface area contributed by atoms with E-state index in [0.717, 1.165) is 17.9 Å². The number of hydrogen-bond donors (Lipinski definition) is 0. The van der Waals surface area contributed by atoms with Crippen molar-refractivity contribution in [3.05, 3.63) is 35.6 Å². The lowest BCUT2D eigenvalue weighted by molar-refractivity contribution is -0.151. The summed E-state index contributed by atoms with van der Waals surface area (Å²) < 4.78 is 19.3. The van der Waals surface area contributed by atoms with Crippen LogP contribution in [0.15, 0.2) is 24.3 Å². The summed E-state index contributed by atoms with van der Waals surface area (Å²) in [4.78, 5) is 12.2. The first kappa shape index (κ1) is 12.0. The summed E-state index contributed by atoms with van der Waals surface area (Å²) in [6.45, 7) is 0. The van der Waals surface area contributed by atoms with Gasteiger partial charge in [-0.2, -0.15) is 11.8 Å². The van der Waals surface area contributed by atoms with Crippen LogP contribution in [-0.2, 0) is 14.9 Å². The number of ether oxygens (including phenoxy) is 1. The van der Waals surface area contributed by atoms with Gasteiger partial charge in [0.1, 0.15) is 11.9 Å². The van der Waals surface area contributed by atoms with E-state index in [1.54, 1.807) is 30.0 Å². The first-order valence-corrected chi connectivity index (χ1v) is 7.42. The molecule has 1 heterocycles. The number of esters is 1. The number of carbonyl (C=O) groups excluding carboxylic acids is 1. The molecule has 1 saturated heterocycles. The second-order valence-corrected chi connectivity index (χ2v) is 6.10. The van der Waals surface area contributed by atoms with Crippen LogP contribution in [0.4, 0.5) is 4.39 Å². The molecule has 1 atom stereocenters. The van der Waals surface area contributed by atoms with Crippen molar-refractivity contribution in [2.24, 2.45) is 0 Å². The van der Waals surface area contributed by atoms with Gasteiger partial charge in [0.05, 0.1) is 5.41 Å². The van der Waals surface area contributed by atoms with Crippen molar-refractivity contribution in [3.8, 4) is 0 Å². The number of hydrogen-bond acceptors (Lipinski definition) is 3. The lowest BCUT2D eigenvalue weighted by atomic mass is 9.95. The molecular formula is C14H15FO2S. The smallest absolute Gasteiger partial charge is 0.316 e. The van der Waals surface area contributed by atoms with Crippen LogP contribution < -0.4 is 0 Å². The summed E-state index contributed by atoms with van der Waals surface area (Å²) in [6, 6.07) is 6.53. The first-order valence-electron chi connectivity index (χ1n) is 6.26. The van der Waals surface area contributed by atoms with Gasteiger partial charge in [-0.15, -0.1) is 0 Å². The Morgan fingerprint density at radius 1 is 1.39 bits per heavy atom. The minimum atomic E-state index is -0.696. The van der Waals surface area contributed by atoms with E-state index in [0.29, 0.717) is 18.4 Å². The third-order valence-electron chi connectivity index (χ3n) is 3.69. The minimum absolute atomic E-state index is 0.0201. The van der Waals surface area contributed by atoms with Crippen molar-refractivity contribution in [1.29, 1.82) is 0 Å². The van der Waals surface area contributed by atoms with E-state index in [1.165, 1.54) is 6.07 Å². The van der Waals surface area contributed by atoms with Crippen LogP contribution in [0.5, 0.6) is 0 Å². The highest BCUT2D eigenvalue weighted by Gasteiger charge is 2.54. The minimum Gasteiger partial charge on any atom is -0.461 e. The molecular weight excluding hydrogens is 251 g/mol. The van der Waals surface area contributed by atoms with Crippen LogP contribution in [0.1, 0.15) is 24.8 Å². The maximum Gasteiger partial charge on any atom is 0.316 e. The van der Waals surface area contributed by atoms with Crippen LogP contribution in [0, 0.1) is 5.82 Å². The highest BCUT2D eigenvalue weighted by molar-refractivity contribution is 7.99. The molecule has 4 heteroatoms. The molecule has 0 unspecified atom stereocenters. The zero-order valence-corrected chi connectivity index (χ0v) is 10.8. The van der Waals surface area contributed by atoms with E-state index < -0.39 is 5.41 Å². The average Bonchev–Trinajstić information content (AvgIpc) is 3.02. The van der Waals surface area contributed by atoms with E-state index in [2.05, 4.69) is 0 Å². The van der Waals surface area contributed by atoms with E-state index in [9.17, 15) is 9.18 Å². The lowest BCUT2D eigenvalue weighted by Crippen LogP contribution is -2.29. The van der Waals surface area contributed by atoms with Crippen molar-refractivity contribution in [3.63, 3.8) is 0 Å².